The third kappa shape index (κ3) is 3.96. The van der Waals surface area contributed by atoms with Gasteiger partial charge in [0.15, 0.2) is 11.6 Å². The highest BCUT2D eigenvalue weighted by molar-refractivity contribution is 5.68. The van der Waals surface area contributed by atoms with Gasteiger partial charge in [-0.05, 0) is 33.6 Å². The second-order valence-corrected chi connectivity index (χ2v) is 7.98. The number of ether oxygens (including phenoxy) is 1. The molecule has 1 fully saturated rings. The van der Waals surface area contributed by atoms with Crippen LogP contribution in [0.1, 0.15) is 39.7 Å². The molecule has 0 atom stereocenters. The first-order valence-electron chi connectivity index (χ1n) is 9.21. The van der Waals surface area contributed by atoms with Gasteiger partial charge in [0.05, 0.1) is 6.04 Å². The molecule has 2 N–H and O–H groups in total. The number of aryl methyl sites for hydroxylation is 1. The molecule has 29 heavy (non-hydrogen) atoms. The van der Waals surface area contributed by atoms with E-state index in [1.807, 2.05) is 20.8 Å². The van der Waals surface area contributed by atoms with E-state index < -0.39 is 17.6 Å². The van der Waals surface area contributed by atoms with Crippen molar-refractivity contribution in [3.63, 3.8) is 0 Å². The van der Waals surface area contributed by atoms with Crippen LogP contribution in [0.4, 0.5) is 9.18 Å². The van der Waals surface area contributed by atoms with Gasteiger partial charge in [-0.1, -0.05) is 0 Å². The smallest absolute Gasteiger partial charge is 0.407 e. The van der Waals surface area contributed by atoms with Gasteiger partial charge in [-0.3, -0.25) is 5.10 Å². The standard InChI is InChI=1S/C17H22FN9O2/c1-17(2,3)29-16(28)21-9-5-10(6-9)27-15(11-7-12(18)26(4)24-11)22-14(25-27)13-19-8-20-23-13/h7-10H,5-6H2,1-4H3,(H,21,28)(H,19,20,23). The van der Waals surface area contributed by atoms with Crippen LogP contribution in [0.5, 0.6) is 0 Å². The molecule has 3 heterocycles. The summed E-state index contributed by atoms with van der Waals surface area (Å²) in [6, 6.07) is 1.24. The first kappa shape index (κ1) is 19.0. The van der Waals surface area contributed by atoms with E-state index in [4.69, 9.17) is 4.74 Å². The lowest BCUT2D eigenvalue weighted by Crippen LogP contribution is -2.47. The predicted octanol–water partition coefficient (Wildman–Crippen LogP) is 1.83. The van der Waals surface area contributed by atoms with Crippen LogP contribution in [0, 0.1) is 5.95 Å². The normalized spacial score (nSPS) is 19.1. The molecule has 11 nitrogen and oxygen atoms in total. The second-order valence-electron chi connectivity index (χ2n) is 7.98. The molecule has 1 aliphatic rings. The van der Waals surface area contributed by atoms with Crippen molar-refractivity contribution in [2.24, 2.45) is 7.05 Å². The Morgan fingerprint density at radius 3 is 2.69 bits per heavy atom. The van der Waals surface area contributed by atoms with Crippen LogP contribution in [-0.4, -0.2) is 57.5 Å². The number of aromatic nitrogens is 8. The molecule has 3 aromatic rings. The minimum atomic E-state index is -0.554. The number of amides is 1. The average molecular weight is 403 g/mol. The quantitative estimate of drug-likeness (QED) is 0.680. The number of alkyl carbamates (subject to hydrolysis) is 1. The van der Waals surface area contributed by atoms with Crippen molar-refractivity contribution < 1.29 is 13.9 Å². The summed E-state index contributed by atoms with van der Waals surface area (Å²) in [6.07, 6.45) is 2.19. The summed E-state index contributed by atoms with van der Waals surface area (Å²) < 4.78 is 22.0. The molecule has 0 unspecified atom stereocenters. The van der Waals surface area contributed by atoms with Crippen LogP contribution in [0.15, 0.2) is 12.4 Å². The number of hydrogen-bond donors (Lipinski definition) is 2. The van der Waals surface area contributed by atoms with Gasteiger partial charge < -0.3 is 10.1 Å². The maximum absolute atomic E-state index is 13.8. The molecule has 1 amide bonds. The molecule has 154 valence electrons. The van der Waals surface area contributed by atoms with Crippen molar-refractivity contribution in [2.75, 3.05) is 0 Å². The molecule has 0 aromatic carbocycles. The maximum atomic E-state index is 13.8. The van der Waals surface area contributed by atoms with E-state index in [1.165, 1.54) is 19.4 Å². The zero-order chi connectivity index (χ0) is 20.8. The lowest BCUT2D eigenvalue weighted by Gasteiger charge is -2.36. The number of nitrogens with one attached hydrogen (secondary N) is 2. The van der Waals surface area contributed by atoms with E-state index in [2.05, 4.69) is 35.7 Å². The first-order valence-corrected chi connectivity index (χ1v) is 9.21. The van der Waals surface area contributed by atoms with Crippen LogP contribution in [0.25, 0.3) is 23.2 Å². The van der Waals surface area contributed by atoms with Gasteiger partial charge >= 0.3 is 6.09 Å². The summed E-state index contributed by atoms with van der Waals surface area (Å²) in [7, 11) is 1.51. The molecule has 12 heteroatoms. The summed E-state index contributed by atoms with van der Waals surface area (Å²) >= 11 is 0. The molecule has 1 aliphatic carbocycles. The zero-order valence-corrected chi connectivity index (χ0v) is 16.5. The van der Waals surface area contributed by atoms with Gasteiger partial charge in [0, 0.05) is 19.2 Å². The first-order chi connectivity index (χ1) is 13.7. The van der Waals surface area contributed by atoms with Crippen LogP contribution >= 0.6 is 0 Å². The molecule has 1 saturated carbocycles. The summed E-state index contributed by atoms with van der Waals surface area (Å²) in [6.45, 7) is 5.44. The molecular formula is C17H22FN9O2. The number of H-pyrrole nitrogens is 1. The van der Waals surface area contributed by atoms with Gasteiger partial charge in [0.2, 0.25) is 11.8 Å². The third-order valence-electron chi connectivity index (χ3n) is 4.49. The van der Waals surface area contributed by atoms with Crippen molar-refractivity contribution in [3.8, 4) is 23.2 Å². The van der Waals surface area contributed by atoms with Crippen LogP contribution in [-0.2, 0) is 11.8 Å². The topological polar surface area (TPSA) is 128 Å². The van der Waals surface area contributed by atoms with Gasteiger partial charge in [-0.15, -0.1) is 5.10 Å². The summed E-state index contributed by atoms with van der Waals surface area (Å²) in [4.78, 5) is 20.5. The Morgan fingerprint density at radius 2 is 2.10 bits per heavy atom. The highest BCUT2D eigenvalue weighted by atomic mass is 19.1. The van der Waals surface area contributed by atoms with Crippen LogP contribution in [0.2, 0.25) is 0 Å². The molecule has 0 aliphatic heterocycles. The van der Waals surface area contributed by atoms with Gasteiger partial charge in [0.25, 0.3) is 0 Å². The highest BCUT2D eigenvalue weighted by Crippen LogP contribution is 2.35. The number of rotatable bonds is 4. The number of carbonyl (C=O) groups excluding carboxylic acids is 1. The summed E-state index contributed by atoms with van der Waals surface area (Å²) in [5, 5.41) is 18.1. The van der Waals surface area contributed by atoms with Crippen LogP contribution < -0.4 is 5.32 Å². The largest absolute Gasteiger partial charge is 0.444 e. The Bertz CT molecular complexity index is 993. The van der Waals surface area contributed by atoms with Gasteiger partial charge in [-0.2, -0.15) is 14.6 Å². The van der Waals surface area contributed by atoms with Crippen molar-refractivity contribution in [1.82, 2.24) is 45.0 Å². The molecule has 0 saturated heterocycles. The second kappa shape index (κ2) is 6.94. The number of aromatic amines is 1. The summed E-state index contributed by atoms with van der Waals surface area (Å²) in [5.74, 6) is 0.696. The SMILES string of the molecule is Cn1nc(-c2nc(-c3ncn[nH]3)nn2C2CC(NC(=O)OC(C)(C)C)C2)cc1F. The summed E-state index contributed by atoms with van der Waals surface area (Å²) in [5.41, 5.74) is -0.187. The fourth-order valence-electron chi connectivity index (χ4n) is 3.10. The number of nitrogens with zero attached hydrogens (tertiary/aromatic N) is 7. The minimum absolute atomic E-state index is 0.0285. The molecule has 0 spiro atoms. The van der Waals surface area contributed by atoms with E-state index in [9.17, 15) is 9.18 Å². The minimum Gasteiger partial charge on any atom is -0.444 e. The van der Waals surface area contributed by atoms with Gasteiger partial charge in [-0.25, -0.2) is 24.1 Å². The van der Waals surface area contributed by atoms with Gasteiger partial charge in [0.1, 0.15) is 17.6 Å². The average Bonchev–Trinajstić information content (AvgIpc) is 3.29. The molecule has 3 aromatic heterocycles. The Labute approximate surface area is 165 Å². The fourth-order valence-corrected chi connectivity index (χ4v) is 3.10. The van der Waals surface area contributed by atoms with Crippen molar-refractivity contribution >= 4 is 6.09 Å². The Hall–Kier alpha value is -3.31. The zero-order valence-electron chi connectivity index (χ0n) is 16.5. The van der Waals surface area contributed by atoms with Crippen LogP contribution in [0.3, 0.4) is 0 Å². The number of carbonyl (C=O) groups is 1. The fraction of sp³-hybridized carbons (Fsp3) is 0.529. The predicted molar refractivity (Wildman–Crippen MR) is 99.0 cm³/mol. The van der Waals surface area contributed by atoms with E-state index in [1.54, 1.807) is 4.68 Å². The Balaban J connectivity index is 1.54. The molecular weight excluding hydrogens is 381 g/mol. The van der Waals surface area contributed by atoms with E-state index >= 15 is 0 Å². The number of hydrogen-bond acceptors (Lipinski definition) is 7. The molecule has 4 rings (SSSR count). The van der Waals surface area contributed by atoms with Crippen molar-refractivity contribution in [2.45, 2.75) is 51.3 Å². The third-order valence-corrected chi connectivity index (χ3v) is 4.49. The molecule has 0 radical (unpaired) electrons. The Kier molecular flexibility index (Phi) is 4.55. The Morgan fingerprint density at radius 1 is 1.34 bits per heavy atom. The van der Waals surface area contributed by atoms with E-state index in [0.717, 1.165) is 4.68 Å². The molecule has 0 bridgehead atoms. The highest BCUT2D eigenvalue weighted by Gasteiger charge is 2.36. The number of halogens is 1. The van der Waals surface area contributed by atoms with E-state index in [-0.39, 0.29) is 12.1 Å². The van der Waals surface area contributed by atoms with E-state index in [0.29, 0.717) is 36.0 Å². The lowest BCUT2D eigenvalue weighted by atomic mass is 9.87. The van der Waals surface area contributed by atoms with Crippen molar-refractivity contribution in [1.29, 1.82) is 0 Å². The monoisotopic (exact) mass is 403 g/mol. The van der Waals surface area contributed by atoms with Crippen molar-refractivity contribution in [3.05, 3.63) is 18.3 Å². The lowest BCUT2D eigenvalue weighted by molar-refractivity contribution is 0.0453. The maximum Gasteiger partial charge on any atom is 0.407 e.